The molecule has 1 amide bonds. The largest absolute Gasteiger partial charge is 0.344 e. The molecule has 0 bridgehead atoms. The minimum Gasteiger partial charge on any atom is -0.344 e. The van der Waals surface area contributed by atoms with Crippen molar-refractivity contribution in [2.24, 2.45) is 0 Å². The molecule has 0 fully saturated rings. The Kier molecular flexibility index (Phi) is 5.58. The molecular formula is C16H18ClN3O3S. The second-order valence-corrected chi connectivity index (χ2v) is 7.94. The summed E-state index contributed by atoms with van der Waals surface area (Å²) in [5.41, 5.74) is 0.793. The maximum Gasteiger partial charge on any atom is 0.253 e. The fraction of sp³-hybridized carbons (Fsp3) is 0.250. The lowest BCUT2D eigenvalue weighted by Gasteiger charge is -2.16. The minimum absolute atomic E-state index is 0.00698. The summed E-state index contributed by atoms with van der Waals surface area (Å²) >= 11 is 6.07. The summed E-state index contributed by atoms with van der Waals surface area (Å²) in [5.74, 6) is -0.464. The van der Waals surface area contributed by atoms with Gasteiger partial charge in [-0.1, -0.05) is 17.7 Å². The number of aromatic nitrogens is 1. The van der Waals surface area contributed by atoms with Crippen molar-refractivity contribution in [2.45, 2.75) is 17.9 Å². The Hall–Kier alpha value is -1.96. The van der Waals surface area contributed by atoms with E-state index in [-0.39, 0.29) is 21.5 Å². The molecule has 2 rings (SSSR count). The number of hydrogen-bond acceptors (Lipinski definition) is 4. The van der Waals surface area contributed by atoms with Crippen molar-refractivity contribution in [1.29, 1.82) is 0 Å². The predicted molar refractivity (Wildman–Crippen MR) is 92.4 cm³/mol. The summed E-state index contributed by atoms with van der Waals surface area (Å²) in [6, 6.07) is 9.10. The molecule has 0 aliphatic heterocycles. The molecule has 6 nitrogen and oxygen atoms in total. The lowest BCUT2D eigenvalue weighted by molar-refractivity contribution is 0.0939. The third-order valence-corrected chi connectivity index (χ3v) is 5.58. The first-order valence-electron chi connectivity index (χ1n) is 7.17. The van der Waals surface area contributed by atoms with Crippen LogP contribution in [0.2, 0.25) is 5.02 Å². The summed E-state index contributed by atoms with van der Waals surface area (Å²) < 4.78 is 25.5. The van der Waals surface area contributed by atoms with Crippen LogP contribution in [0, 0.1) is 0 Å². The molecular weight excluding hydrogens is 350 g/mol. The molecule has 1 atom stereocenters. The lowest BCUT2D eigenvalue weighted by atomic mass is 10.1. The molecule has 0 radical (unpaired) electrons. The monoisotopic (exact) mass is 367 g/mol. The van der Waals surface area contributed by atoms with E-state index in [1.807, 2.05) is 6.07 Å². The summed E-state index contributed by atoms with van der Waals surface area (Å²) in [7, 11) is -0.801. The molecule has 0 aliphatic rings. The van der Waals surface area contributed by atoms with Crippen molar-refractivity contribution in [1.82, 2.24) is 14.6 Å². The number of nitrogens with one attached hydrogen (secondary N) is 1. The van der Waals surface area contributed by atoms with Crippen molar-refractivity contribution in [2.75, 3.05) is 14.1 Å². The van der Waals surface area contributed by atoms with Crippen LogP contribution in [0.1, 0.15) is 29.0 Å². The van der Waals surface area contributed by atoms with Crippen LogP contribution in [0.3, 0.4) is 0 Å². The molecule has 1 heterocycles. The molecule has 0 spiro atoms. The molecule has 24 heavy (non-hydrogen) atoms. The third kappa shape index (κ3) is 3.92. The van der Waals surface area contributed by atoms with Crippen LogP contribution < -0.4 is 5.32 Å². The summed E-state index contributed by atoms with van der Waals surface area (Å²) in [6.45, 7) is 1.79. The highest BCUT2D eigenvalue weighted by molar-refractivity contribution is 7.89. The van der Waals surface area contributed by atoms with Gasteiger partial charge in [0.25, 0.3) is 5.91 Å². The Balaban J connectivity index is 2.30. The molecule has 1 aromatic carbocycles. The number of rotatable bonds is 5. The molecule has 8 heteroatoms. The van der Waals surface area contributed by atoms with Gasteiger partial charge < -0.3 is 5.32 Å². The smallest absolute Gasteiger partial charge is 0.253 e. The summed E-state index contributed by atoms with van der Waals surface area (Å²) in [5, 5.41) is 2.95. The first-order chi connectivity index (χ1) is 11.2. The highest BCUT2D eigenvalue weighted by Gasteiger charge is 2.21. The van der Waals surface area contributed by atoms with Gasteiger partial charge in [-0.3, -0.25) is 9.78 Å². The first kappa shape index (κ1) is 18.4. The van der Waals surface area contributed by atoms with E-state index >= 15 is 0 Å². The van der Waals surface area contributed by atoms with Crippen LogP contribution in [-0.2, 0) is 10.0 Å². The van der Waals surface area contributed by atoms with Gasteiger partial charge in [0.05, 0.1) is 27.2 Å². The van der Waals surface area contributed by atoms with Crippen molar-refractivity contribution in [3.63, 3.8) is 0 Å². The standard InChI is InChI=1S/C16H18ClN3O3S/c1-11(15-6-4-5-9-18-15)19-16(21)13-10-12(7-8-14(13)17)24(22,23)20(2)3/h4-11H,1-3H3,(H,19,21). The second-order valence-electron chi connectivity index (χ2n) is 5.38. The first-order valence-corrected chi connectivity index (χ1v) is 8.99. The van der Waals surface area contributed by atoms with Crippen LogP contribution >= 0.6 is 11.6 Å². The predicted octanol–water partition coefficient (Wildman–Crippen LogP) is 2.48. The molecule has 0 saturated carbocycles. The second kappa shape index (κ2) is 7.29. The van der Waals surface area contributed by atoms with E-state index in [0.29, 0.717) is 5.69 Å². The third-order valence-electron chi connectivity index (χ3n) is 3.44. The average Bonchev–Trinajstić information content (AvgIpc) is 2.55. The highest BCUT2D eigenvalue weighted by atomic mass is 35.5. The Morgan fingerprint density at radius 1 is 1.25 bits per heavy atom. The van der Waals surface area contributed by atoms with E-state index in [1.165, 1.54) is 32.3 Å². The molecule has 1 unspecified atom stereocenters. The average molecular weight is 368 g/mol. The van der Waals surface area contributed by atoms with E-state index in [2.05, 4.69) is 10.3 Å². The fourth-order valence-corrected chi connectivity index (χ4v) is 3.16. The van der Waals surface area contributed by atoms with Crippen molar-refractivity contribution in [3.8, 4) is 0 Å². The van der Waals surface area contributed by atoms with Gasteiger partial charge in [-0.05, 0) is 37.3 Å². The van der Waals surface area contributed by atoms with Crippen LogP contribution in [0.25, 0.3) is 0 Å². The van der Waals surface area contributed by atoms with Crippen LogP contribution in [0.15, 0.2) is 47.5 Å². The van der Waals surface area contributed by atoms with Crippen molar-refractivity contribution < 1.29 is 13.2 Å². The Morgan fingerprint density at radius 3 is 2.54 bits per heavy atom. The van der Waals surface area contributed by atoms with E-state index in [0.717, 1.165) is 4.31 Å². The number of nitrogens with zero attached hydrogens (tertiary/aromatic N) is 2. The van der Waals surface area contributed by atoms with E-state index < -0.39 is 15.9 Å². The quantitative estimate of drug-likeness (QED) is 0.880. The van der Waals surface area contributed by atoms with Crippen molar-refractivity contribution in [3.05, 3.63) is 58.9 Å². The van der Waals surface area contributed by atoms with Crippen LogP contribution in [-0.4, -0.2) is 37.7 Å². The number of carbonyl (C=O) groups excluding carboxylic acids is 1. The van der Waals surface area contributed by atoms with Gasteiger partial charge in [0.2, 0.25) is 10.0 Å². The number of sulfonamides is 1. The number of halogens is 1. The van der Waals surface area contributed by atoms with Gasteiger partial charge >= 0.3 is 0 Å². The van der Waals surface area contributed by atoms with E-state index in [9.17, 15) is 13.2 Å². The van der Waals surface area contributed by atoms with Gasteiger partial charge in [-0.2, -0.15) is 0 Å². The molecule has 1 aromatic heterocycles. The molecule has 2 aromatic rings. The van der Waals surface area contributed by atoms with Crippen LogP contribution in [0.5, 0.6) is 0 Å². The summed E-state index contributed by atoms with van der Waals surface area (Å²) in [6.07, 6.45) is 1.63. The zero-order chi connectivity index (χ0) is 17.9. The number of hydrogen-bond donors (Lipinski definition) is 1. The molecule has 0 saturated heterocycles. The highest BCUT2D eigenvalue weighted by Crippen LogP contribution is 2.23. The van der Waals surface area contributed by atoms with Crippen molar-refractivity contribution >= 4 is 27.5 Å². The molecule has 0 aliphatic carbocycles. The maximum atomic E-state index is 12.5. The molecule has 128 valence electrons. The fourth-order valence-electron chi connectivity index (χ4n) is 2.03. The lowest BCUT2D eigenvalue weighted by Crippen LogP contribution is -2.28. The minimum atomic E-state index is -3.65. The van der Waals surface area contributed by atoms with Gasteiger partial charge in [0.15, 0.2) is 0 Å². The Bertz CT molecular complexity index is 839. The maximum absolute atomic E-state index is 12.5. The van der Waals surface area contributed by atoms with Gasteiger partial charge in [0, 0.05) is 20.3 Å². The van der Waals surface area contributed by atoms with Gasteiger partial charge in [0.1, 0.15) is 0 Å². The summed E-state index contributed by atoms with van der Waals surface area (Å²) in [4.78, 5) is 16.7. The van der Waals surface area contributed by atoms with E-state index in [1.54, 1.807) is 25.3 Å². The SMILES string of the molecule is CC(NC(=O)c1cc(S(=O)(=O)N(C)C)ccc1Cl)c1ccccn1. The topological polar surface area (TPSA) is 79.4 Å². The number of carbonyl (C=O) groups is 1. The van der Waals surface area contributed by atoms with Crippen LogP contribution in [0.4, 0.5) is 0 Å². The van der Waals surface area contributed by atoms with Gasteiger partial charge in [-0.25, -0.2) is 12.7 Å². The number of amides is 1. The van der Waals surface area contributed by atoms with E-state index in [4.69, 9.17) is 11.6 Å². The molecule has 1 N–H and O–H groups in total. The number of benzene rings is 1. The van der Waals surface area contributed by atoms with Gasteiger partial charge in [-0.15, -0.1) is 0 Å². The Morgan fingerprint density at radius 2 is 1.96 bits per heavy atom. The Labute approximate surface area is 146 Å². The zero-order valence-corrected chi connectivity index (χ0v) is 15.1. The zero-order valence-electron chi connectivity index (χ0n) is 13.5. The normalized spacial score (nSPS) is 12.9. The number of pyridine rings is 1.